The molecule has 0 fully saturated rings. The van der Waals surface area contributed by atoms with Crippen LogP contribution in [0.25, 0.3) is 0 Å². The molecule has 82 valence electrons. The lowest BCUT2D eigenvalue weighted by Gasteiger charge is -2.12. The van der Waals surface area contributed by atoms with E-state index in [0.29, 0.717) is 18.8 Å². The summed E-state index contributed by atoms with van der Waals surface area (Å²) < 4.78 is 0. The highest BCUT2D eigenvalue weighted by molar-refractivity contribution is 6.17. The Hall–Kier alpha value is -0.810. The minimum Gasteiger partial charge on any atom is -0.480 e. The van der Waals surface area contributed by atoms with Gasteiger partial charge in [-0.2, -0.15) is 0 Å². The normalized spacial score (nSPS) is 12.4. The van der Waals surface area contributed by atoms with Crippen LogP contribution in [0, 0.1) is 0 Å². The number of carboxylic acid groups (broad SMARTS) is 1. The van der Waals surface area contributed by atoms with Gasteiger partial charge in [-0.05, 0) is 19.4 Å². The van der Waals surface area contributed by atoms with E-state index in [1.165, 1.54) is 0 Å². The zero-order valence-corrected chi connectivity index (χ0v) is 8.59. The number of carboxylic acids is 1. The molecule has 0 heterocycles. The van der Waals surface area contributed by atoms with Crippen LogP contribution in [0.15, 0.2) is 0 Å². The summed E-state index contributed by atoms with van der Waals surface area (Å²) in [7, 11) is 0. The molecular weight excluding hydrogens is 208 g/mol. The van der Waals surface area contributed by atoms with E-state index >= 15 is 0 Å². The van der Waals surface area contributed by atoms with Crippen molar-refractivity contribution in [1.82, 2.24) is 5.32 Å². The average molecular weight is 223 g/mol. The van der Waals surface area contributed by atoms with Crippen LogP contribution in [-0.4, -0.2) is 35.4 Å². The Balaban J connectivity index is 3.78. The summed E-state index contributed by atoms with van der Waals surface area (Å²) in [6, 6.07) is -0.717. The van der Waals surface area contributed by atoms with E-state index < -0.39 is 17.9 Å². The fraction of sp³-hybridized carbons (Fsp3) is 0.750. The molecule has 0 radical (unpaired) electrons. The average Bonchev–Trinajstić information content (AvgIpc) is 2.10. The highest BCUT2D eigenvalue weighted by Crippen LogP contribution is 1.97. The Morgan fingerprint density at radius 2 is 2.14 bits per heavy atom. The molecule has 0 aromatic rings. The number of hydrogen-bond acceptors (Lipinski definition) is 3. The second-order valence-corrected chi connectivity index (χ2v) is 3.27. The van der Waals surface area contributed by atoms with E-state index in [0.717, 1.165) is 0 Å². The molecule has 1 amide bonds. The predicted octanol–water partition coefficient (Wildman–Crippen LogP) is -0.0764. The maximum Gasteiger partial charge on any atom is 0.320 e. The summed E-state index contributed by atoms with van der Waals surface area (Å²) in [6.45, 7) is 0.527. The van der Waals surface area contributed by atoms with Gasteiger partial charge in [0.15, 0.2) is 0 Å². The van der Waals surface area contributed by atoms with Crippen LogP contribution < -0.4 is 11.1 Å². The molecule has 1 atom stereocenters. The molecule has 0 aliphatic heterocycles. The molecule has 0 aromatic heterocycles. The third-order valence-corrected chi connectivity index (χ3v) is 1.95. The molecule has 0 bridgehead atoms. The summed E-state index contributed by atoms with van der Waals surface area (Å²) in [5, 5.41) is 11.5. The number of amides is 1. The zero-order chi connectivity index (χ0) is 11.0. The minimum absolute atomic E-state index is 0.0742. The van der Waals surface area contributed by atoms with E-state index in [1.54, 1.807) is 0 Å². The van der Waals surface area contributed by atoms with Gasteiger partial charge in [0.25, 0.3) is 0 Å². The van der Waals surface area contributed by atoms with Crippen LogP contribution in [0.2, 0.25) is 0 Å². The van der Waals surface area contributed by atoms with Gasteiger partial charge in [-0.15, -0.1) is 11.6 Å². The largest absolute Gasteiger partial charge is 0.480 e. The Labute approximate surface area is 87.6 Å². The maximum absolute atomic E-state index is 10.7. The number of halogens is 1. The minimum atomic E-state index is -0.971. The smallest absolute Gasteiger partial charge is 0.320 e. The van der Waals surface area contributed by atoms with Crippen LogP contribution in [0.3, 0.4) is 0 Å². The molecule has 0 aliphatic rings. The van der Waals surface area contributed by atoms with E-state index in [4.69, 9.17) is 22.4 Å². The number of alkyl halides is 1. The number of nitrogens with two attached hydrogens (primary N) is 1. The summed E-state index contributed by atoms with van der Waals surface area (Å²) in [4.78, 5) is 21.1. The van der Waals surface area contributed by atoms with Gasteiger partial charge in [-0.1, -0.05) is 0 Å². The second kappa shape index (κ2) is 7.58. The zero-order valence-electron chi connectivity index (χ0n) is 7.83. The van der Waals surface area contributed by atoms with Crippen molar-refractivity contribution in [2.45, 2.75) is 25.3 Å². The van der Waals surface area contributed by atoms with Crippen LogP contribution in [0.5, 0.6) is 0 Å². The topological polar surface area (TPSA) is 92.4 Å². The number of rotatable bonds is 8. The van der Waals surface area contributed by atoms with E-state index in [2.05, 4.69) is 5.32 Å². The molecule has 0 saturated carbocycles. The van der Waals surface area contributed by atoms with Gasteiger partial charge in [-0.3, -0.25) is 9.59 Å². The molecule has 5 nitrogen and oxygen atoms in total. The Kier molecular flexibility index (Phi) is 7.14. The Morgan fingerprint density at radius 1 is 1.50 bits per heavy atom. The van der Waals surface area contributed by atoms with E-state index in [1.807, 2.05) is 0 Å². The quantitative estimate of drug-likeness (QED) is 0.396. The first kappa shape index (κ1) is 13.2. The van der Waals surface area contributed by atoms with Crippen molar-refractivity contribution in [3.63, 3.8) is 0 Å². The molecule has 0 aromatic carbocycles. The fourth-order valence-electron chi connectivity index (χ4n) is 0.943. The van der Waals surface area contributed by atoms with Crippen LogP contribution >= 0.6 is 11.6 Å². The molecule has 4 N–H and O–H groups in total. The lowest BCUT2D eigenvalue weighted by atomic mass is 10.1. The van der Waals surface area contributed by atoms with Crippen molar-refractivity contribution >= 4 is 23.5 Å². The van der Waals surface area contributed by atoms with Gasteiger partial charge in [-0.25, -0.2) is 0 Å². The Bertz CT molecular complexity index is 199. The number of primary amides is 1. The fourth-order valence-corrected chi connectivity index (χ4v) is 1.08. The van der Waals surface area contributed by atoms with Gasteiger partial charge < -0.3 is 16.2 Å². The van der Waals surface area contributed by atoms with Gasteiger partial charge in [0.1, 0.15) is 6.04 Å². The van der Waals surface area contributed by atoms with Crippen molar-refractivity contribution in [2.24, 2.45) is 5.73 Å². The first-order chi connectivity index (χ1) is 6.57. The summed E-state index contributed by atoms with van der Waals surface area (Å²) >= 11 is 5.43. The first-order valence-electron chi connectivity index (χ1n) is 4.38. The third-order valence-electron chi connectivity index (χ3n) is 1.68. The van der Waals surface area contributed by atoms with Crippen molar-refractivity contribution in [3.05, 3.63) is 0 Å². The molecule has 0 saturated heterocycles. The molecule has 0 aliphatic carbocycles. The van der Waals surface area contributed by atoms with E-state index in [-0.39, 0.29) is 12.8 Å². The predicted molar refractivity (Wildman–Crippen MR) is 53.2 cm³/mol. The van der Waals surface area contributed by atoms with Gasteiger partial charge in [0, 0.05) is 12.3 Å². The molecule has 14 heavy (non-hydrogen) atoms. The highest BCUT2D eigenvalue weighted by atomic mass is 35.5. The number of nitrogens with one attached hydrogen (secondary N) is 1. The van der Waals surface area contributed by atoms with E-state index in [9.17, 15) is 9.59 Å². The summed E-state index contributed by atoms with van der Waals surface area (Å²) in [5.41, 5.74) is 4.91. The van der Waals surface area contributed by atoms with Crippen molar-refractivity contribution in [1.29, 1.82) is 0 Å². The van der Waals surface area contributed by atoms with Gasteiger partial charge in [0.2, 0.25) is 5.91 Å². The number of aliphatic carboxylic acids is 1. The van der Waals surface area contributed by atoms with Crippen molar-refractivity contribution < 1.29 is 14.7 Å². The molecule has 0 unspecified atom stereocenters. The first-order valence-corrected chi connectivity index (χ1v) is 4.92. The van der Waals surface area contributed by atoms with Crippen molar-refractivity contribution in [3.8, 4) is 0 Å². The molecule has 6 heteroatoms. The van der Waals surface area contributed by atoms with Crippen LogP contribution in [0.1, 0.15) is 19.3 Å². The highest BCUT2D eigenvalue weighted by Gasteiger charge is 2.16. The number of carbonyl (C=O) groups is 2. The number of carbonyl (C=O) groups excluding carboxylic acids is 1. The van der Waals surface area contributed by atoms with Crippen molar-refractivity contribution in [2.75, 3.05) is 12.4 Å². The lowest BCUT2D eigenvalue weighted by molar-refractivity contribution is -0.139. The third kappa shape index (κ3) is 6.68. The van der Waals surface area contributed by atoms with Crippen LogP contribution in [-0.2, 0) is 9.59 Å². The maximum atomic E-state index is 10.7. The summed E-state index contributed by atoms with van der Waals surface area (Å²) in [6.07, 6.45) is 0.986. The molecule has 0 rings (SSSR count). The SMILES string of the molecule is NC(=O)CC[C@H](NCCCCl)C(=O)O. The lowest BCUT2D eigenvalue weighted by Crippen LogP contribution is -2.38. The Morgan fingerprint density at radius 3 is 2.57 bits per heavy atom. The standard InChI is InChI=1S/C8H15ClN2O3/c9-4-1-5-11-6(8(13)14)2-3-7(10)12/h6,11H,1-5H2,(H2,10,12)(H,13,14)/t6-/m0/s1. The van der Waals surface area contributed by atoms with Gasteiger partial charge >= 0.3 is 5.97 Å². The second-order valence-electron chi connectivity index (χ2n) is 2.89. The molecule has 0 spiro atoms. The monoisotopic (exact) mass is 222 g/mol. The molecular formula is C8H15ClN2O3. The van der Waals surface area contributed by atoms with Crippen LogP contribution in [0.4, 0.5) is 0 Å². The number of hydrogen-bond donors (Lipinski definition) is 3. The van der Waals surface area contributed by atoms with Gasteiger partial charge in [0.05, 0.1) is 0 Å². The summed E-state index contributed by atoms with van der Waals surface area (Å²) in [5.74, 6) is -0.981.